The summed E-state index contributed by atoms with van der Waals surface area (Å²) in [5, 5.41) is 0.432. The van der Waals surface area contributed by atoms with Crippen molar-refractivity contribution in [3.05, 3.63) is 29.3 Å². The molecule has 0 aliphatic rings. The number of sulfonamides is 1. The molecular formula is C11H14ClNO4S. The van der Waals surface area contributed by atoms with Gasteiger partial charge in [0.15, 0.2) is 0 Å². The second-order valence-electron chi connectivity index (χ2n) is 4.18. The molecule has 1 rings (SSSR count). The highest BCUT2D eigenvalue weighted by Crippen LogP contribution is 2.16. The number of halogens is 1. The lowest BCUT2D eigenvalue weighted by Crippen LogP contribution is -2.50. The Morgan fingerprint density at radius 2 is 1.78 bits per heavy atom. The Bertz CT molecular complexity index is 537. The van der Waals surface area contributed by atoms with Crippen molar-refractivity contribution in [3.8, 4) is 0 Å². The Hall–Kier alpha value is -1.11. The molecule has 1 aromatic rings. The highest BCUT2D eigenvalue weighted by molar-refractivity contribution is 7.89. The van der Waals surface area contributed by atoms with E-state index in [9.17, 15) is 13.2 Å². The highest BCUT2D eigenvalue weighted by Gasteiger charge is 2.34. The summed E-state index contributed by atoms with van der Waals surface area (Å²) in [4.78, 5) is 11.5. The Morgan fingerprint density at radius 3 is 2.22 bits per heavy atom. The van der Waals surface area contributed by atoms with Gasteiger partial charge in [-0.25, -0.2) is 8.42 Å². The summed E-state index contributed by atoms with van der Waals surface area (Å²) in [6.07, 6.45) is 0. The van der Waals surface area contributed by atoms with Crippen LogP contribution in [0, 0.1) is 0 Å². The standard InChI is InChI=1S/C11H14ClNO4S/c1-11(2,10(14)17-3)13-18(15,16)9-6-4-8(12)5-7-9/h4-7,13H,1-3H3. The number of hydrogen-bond acceptors (Lipinski definition) is 4. The lowest BCUT2D eigenvalue weighted by atomic mass is 10.1. The summed E-state index contributed by atoms with van der Waals surface area (Å²) in [7, 11) is -2.60. The van der Waals surface area contributed by atoms with Crippen LogP contribution >= 0.6 is 11.6 Å². The lowest BCUT2D eigenvalue weighted by molar-refractivity contribution is -0.146. The number of hydrogen-bond donors (Lipinski definition) is 1. The van der Waals surface area contributed by atoms with Crippen LogP contribution < -0.4 is 4.72 Å². The van der Waals surface area contributed by atoms with Crippen molar-refractivity contribution < 1.29 is 17.9 Å². The van der Waals surface area contributed by atoms with Gasteiger partial charge in [-0.05, 0) is 38.1 Å². The van der Waals surface area contributed by atoms with E-state index in [4.69, 9.17) is 11.6 Å². The van der Waals surface area contributed by atoms with Crippen LogP contribution in [0.15, 0.2) is 29.2 Å². The topological polar surface area (TPSA) is 72.5 Å². The van der Waals surface area contributed by atoms with Crippen LogP contribution in [-0.2, 0) is 19.6 Å². The molecule has 0 aliphatic heterocycles. The molecule has 0 radical (unpaired) electrons. The van der Waals surface area contributed by atoms with Gasteiger partial charge in [0.05, 0.1) is 12.0 Å². The highest BCUT2D eigenvalue weighted by atomic mass is 35.5. The third-order valence-corrected chi connectivity index (χ3v) is 4.13. The van der Waals surface area contributed by atoms with E-state index in [1.807, 2.05) is 0 Å². The molecule has 0 aromatic heterocycles. The first-order valence-corrected chi connectivity index (χ1v) is 6.93. The SMILES string of the molecule is COC(=O)C(C)(C)NS(=O)(=O)c1ccc(Cl)cc1. The fraction of sp³-hybridized carbons (Fsp3) is 0.364. The van der Waals surface area contributed by atoms with E-state index in [1.54, 1.807) is 0 Å². The average molecular weight is 292 g/mol. The molecule has 0 aliphatic carbocycles. The smallest absolute Gasteiger partial charge is 0.326 e. The monoisotopic (exact) mass is 291 g/mol. The first kappa shape index (κ1) is 14.9. The van der Waals surface area contributed by atoms with E-state index in [2.05, 4.69) is 9.46 Å². The van der Waals surface area contributed by atoms with Crippen LogP contribution in [0.3, 0.4) is 0 Å². The molecule has 0 saturated carbocycles. The maximum atomic E-state index is 12.0. The lowest BCUT2D eigenvalue weighted by Gasteiger charge is -2.22. The minimum atomic E-state index is -3.80. The van der Waals surface area contributed by atoms with Crippen molar-refractivity contribution in [2.75, 3.05) is 7.11 Å². The molecule has 100 valence electrons. The van der Waals surface area contributed by atoms with Crippen molar-refractivity contribution >= 4 is 27.6 Å². The molecule has 0 fully saturated rings. The summed E-state index contributed by atoms with van der Waals surface area (Å²) in [6, 6.07) is 5.64. The van der Waals surface area contributed by atoms with Gasteiger partial charge >= 0.3 is 5.97 Å². The third-order valence-electron chi connectivity index (χ3n) is 2.21. The quantitative estimate of drug-likeness (QED) is 0.855. The number of ether oxygens (including phenoxy) is 1. The first-order valence-electron chi connectivity index (χ1n) is 5.07. The molecule has 5 nitrogen and oxygen atoms in total. The number of carbonyl (C=O) groups is 1. The number of esters is 1. The number of methoxy groups -OCH3 is 1. The molecule has 7 heteroatoms. The predicted octanol–water partition coefficient (Wildman–Crippen LogP) is 1.57. The molecule has 0 atom stereocenters. The van der Waals surface area contributed by atoms with Gasteiger partial charge in [0, 0.05) is 5.02 Å². The molecule has 0 spiro atoms. The fourth-order valence-electron chi connectivity index (χ4n) is 1.31. The van der Waals surface area contributed by atoms with E-state index < -0.39 is 21.5 Å². The molecule has 18 heavy (non-hydrogen) atoms. The summed E-state index contributed by atoms with van der Waals surface area (Å²) in [6.45, 7) is 2.85. The largest absolute Gasteiger partial charge is 0.468 e. The van der Waals surface area contributed by atoms with Crippen LogP contribution in [0.5, 0.6) is 0 Å². The van der Waals surface area contributed by atoms with Gasteiger partial charge in [0.25, 0.3) is 0 Å². The molecule has 1 N–H and O–H groups in total. The van der Waals surface area contributed by atoms with Crippen molar-refractivity contribution in [3.63, 3.8) is 0 Å². The van der Waals surface area contributed by atoms with Crippen molar-refractivity contribution in [1.29, 1.82) is 0 Å². The first-order chi connectivity index (χ1) is 8.19. The third kappa shape index (κ3) is 3.44. The maximum Gasteiger partial charge on any atom is 0.326 e. The molecule has 1 aromatic carbocycles. The van der Waals surface area contributed by atoms with E-state index in [0.717, 1.165) is 0 Å². The number of rotatable bonds is 4. The zero-order chi connectivity index (χ0) is 14.0. The number of nitrogens with one attached hydrogen (secondary N) is 1. The Kier molecular flexibility index (Phi) is 4.37. The summed E-state index contributed by atoms with van der Waals surface area (Å²) >= 11 is 5.68. The Balaban J connectivity index is 3.02. The van der Waals surface area contributed by atoms with Crippen molar-refractivity contribution in [2.45, 2.75) is 24.3 Å². The van der Waals surface area contributed by atoms with Crippen LogP contribution in [-0.4, -0.2) is 27.0 Å². The van der Waals surface area contributed by atoms with Gasteiger partial charge in [-0.15, -0.1) is 0 Å². The molecule has 0 saturated heterocycles. The Morgan fingerprint density at radius 1 is 1.28 bits per heavy atom. The molecule has 0 amide bonds. The molecule has 0 bridgehead atoms. The van der Waals surface area contributed by atoms with Crippen LogP contribution in [0.2, 0.25) is 5.02 Å². The van der Waals surface area contributed by atoms with Gasteiger partial charge in [-0.2, -0.15) is 4.72 Å². The van der Waals surface area contributed by atoms with Gasteiger partial charge in [0.2, 0.25) is 10.0 Å². The molecular weight excluding hydrogens is 278 g/mol. The Labute approximate surface area is 111 Å². The van der Waals surface area contributed by atoms with Crippen molar-refractivity contribution in [2.24, 2.45) is 0 Å². The van der Waals surface area contributed by atoms with Gasteiger partial charge in [-0.3, -0.25) is 4.79 Å². The van der Waals surface area contributed by atoms with Crippen LogP contribution in [0.1, 0.15) is 13.8 Å². The zero-order valence-corrected chi connectivity index (χ0v) is 11.8. The average Bonchev–Trinajstić information content (AvgIpc) is 2.27. The van der Waals surface area contributed by atoms with Gasteiger partial charge < -0.3 is 4.74 Å². The van der Waals surface area contributed by atoms with Crippen LogP contribution in [0.25, 0.3) is 0 Å². The van der Waals surface area contributed by atoms with Gasteiger partial charge in [0.1, 0.15) is 5.54 Å². The predicted molar refractivity (Wildman–Crippen MR) is 67.9 cm³/mol. The van der Waals surface area contributed by atoms with E-state index >= 15 is 0 Å². The zero-order valence-electron chi connectivity index (χ0n) is 10.2. The fourth-order valence-corrected chi connectivity index (χ4v) is 2.80. The summed E-state index contributed by atoms with van der Waals surface area (Å²) in [5.41, 5.74) is -1.34. The number of benzene rings is 1. The van der Waals surface area contributed by atoms with E-state index in [0.29, 0.717) is 5.02 Å². The summed E-state index contributed by atoms with van der Waals surface area (Å²) in [5.74, 6) is -0.667. The minimum Gasteiger partial charge on any atom is -0.468 e. The van der Waals surface area contributed by atoms with Crippen molar-refractivity contribution in [1.82, 2.24) is 4.72 Å². The maximum absolute atomic E-state index is 12.0. The normalized spacial score (nSPS) is 12.2. The molecule has 0 heterocycles. The molecule has 0 unspecified atom stereocenters. The van der Waals surface area contributed by atoms with Crippen LogP contribution in [0.4, 0.5) is 0 Å². The second kappa shape index (κ2) is 5.26. The van der Waals surface area contributed by atoms with E-state index in [1.165, 1.54) is 45.2 Å². The second-order valence-corrected chi connectivity index (χ2v) is 6.29. The minimum absolute atomic E-state index is 0.0314. The number of carbonyl (C=O) groups excluding carboxylic acids is 1. The summed E-state index contributed by atoms with van der Waals surface area (Å²) < 4.78 is 30.8. The van der Waals surface area contributed by atoms with E-state index in [-0.39, 0.29) is 4.90 Å². The van der Waals surface area contributed by atoms with Gasteiger partial charge in [-0.1, -0.05) is 11.6 Å².